The molecule has 124 valence electrons. The van der Waals surface area contributed by atoms with Gasteiger partial charge < -0.3 is 0 Å². The van der Waals surface area contributed by atoms with Crippen molar-refractivity contribution in [3.63, 3.8) is 0 Å². The molecule has 5 heteroatoms. The number of imide groups is 1. The molecule has 1 unspecified atom stereocenters. The molecule has 0 bridgehead atoms. The molecule has 1 aromatic carbocycles. The van der Waals surface area contributed by atoms with E-state index in [1.807, 2.05) is 34.6 Å². The molecular formula is C18H22INO3. The fourth-order valence-electron chi connectivity index (χ4n) is 2.66. The molecule has 1 aliphatic rings. The minimum atomic E-state index is -0.510. The van der Waals surface area contributed by atoms with E-state index in [-0.39, 0.29) is 33.4 Å². The van der Waals surface area contributed by atoms with E-state index in [9.17, 15) is 14.4 Å². The molecular weight excluding hydrogens is 405 g/mol. The molecule has 2 amide bonds. The molecule has 0 radical (unpaired) electrons. The molecule has 1 saturated heterocycles. The summed E-state index contributed by atoms with van der Waals surface area (Å²) in [6.07, 6.45) is 0.215. The van der Waals surface area contributed by atoms with E-state index in [1.54, 1.807) is 24.3 Å². The number of amides is 2. The average Bonchev–Trinajstić information content (AvgIpc) is 2.72. The van der Waals surface area contributed by atoms with Gasteiger partial charge in [-0.1, -0.05) is 69.3 Å². The van der Waals surface area contributed by atoms with E-state index < -0.39 is 5.41 Å². The second-order valence-corrected chi connectivity index (χ2v) is 10.3. The summed E-state index contributed by atoms with van der Waals surface area (Å²) in [5.41, 5.74) is 0.496. The number of alkyl halides is 1. The summed E-state index contributed by atoms with van der Waals surface area (Å²) >= 11 is 2.21. The van der Waals surface area contributed by atoms with Crippen molar-refractivity contribution >= 4 is 45.9 Å². The fourth-order valence-corrected chi connectivity index (χ4v) is 3.15. The monoisotopic (exact) mass is 427 g/mol. The molecule has 23 heavy (non-hydrogen) atoms. The maximum atomic E-state index is 12.7. The fraction of sp³-hybridized carbons (Fsp3) is 0.500. The largest absolute Gasteiger partial charge is 0.294 e. The Balaban J connectivity index is 2.38. The molecule has 1 fully saturated rings. The number of hydrogen-bond donors (Lipinski definition) is 0. The lowest BCUT2D eigenvalue weighted by Crippen LogP contribution is -2.35. The third-order valence-corrected chi connectivity index (χ3v) is 4.77. The Kier molecular flexibility index (Phi) is 4.72. The van der Waals surface area contributed by atoms with Crippen LogP contribution in [0.5, 0.6) is 0 Å². The highest BCUT2D eigenvalue weighted by Crippen LogP contribution is 2.38. The first-order valence-electron chi connectivity index (χ1n) is 7.63. The predicted octanol–water partition coefficient (Wildman–Crippen LogP) is 4.01. The molecule has 0 aromatic heterocycles. The zero-order valence-electron chi connectivity index (χ0n) is 14.1. The topological polar surface area (TPSA) is 54.5 Å². The summed E-state index contributed by atoms with van der Waals surface area (Å²) in [5, 5.41) is 0. The third-order valence-electron chi connectivity index (χ3n) is 4.02. The number of Topliss-reactive ketones (excluding diaryl/α,β-unsaturated/α-hetero) is 1. The van der Waals surface area contributed by atoms with Crippen molar-refractivity contribution in [3.8, 4) is 0 Å². The average molecular weight is 427 g/mol. The summed E-state index contributed by atoms with van der Waals surface area (Å²) in [5.74, 6) is -0.735. The van der Waals surface area contributed by atoms with Gasteiger partial charge in [0, 0.05) is 20.8 Å². The number of hydrogen-bond acceptors (Lipinski definition) is 3. The SMILES string of the molecule is CC(C)(C)C(=O)c1cccc(N2C(=O)CC(C(C)(C)I)C2=O)c1. The summed E-state index contributed by atoms with van der Waals surface area (Å²) in [4.78, 5) is 38.7. The maximum absolute atomic E-state index is 12.7. The quantitative estimate of drug-likeness (QED) is 0.317. The Morgan fingerprint density at radius 1 is 1.17 bits per heavy atom. The molecule has 0 N–H and O–H groups in total. The van der Waals surface area contributed by atoms with Crippen LogP contribution in [0.4, 0.5) is 5.69 Å². The molecule has 1 aliphatic heterocycles. The van der Waals surface area contributed by atoms with Gasteiger partial charge in [-0.2, -0.15) is 0 Å². The zero-order valence-corrected chi connectivity index (χ0v) is 16.3. The first kappa shape index (κ1) is 18.1. The Hall–Kier alpha value is -1.24. The highest BCUT2D eigenvalue weighted by atomic mass is 127. The minimum Gasteiger partial charge on any atom is -0.294 e. The van der Waals surface area contributed by atoms with Crippen molar-refractivity contribution in [2.45, 2.75) is 44.5 Å². The van der Waals surface area contributed by atoms with Crippen molar-refractivity contribution in [3.05, 3.63) is 29.8 Å². The molecule has 0 spiro atoms. The summed E-state index contributed by atoms with van der Waals surface area (Å²) in [6, 6.07) is 6.79. The summed E-state index contributed by atoms with van der Waals surface area (Å²) in [6.45, 7) is 9.45. The number of rotatable bonds is 3. The molecule has 2 rings (SSSR count). The van der Waals surface area contributed by atoms with Crippen LogP contribution in [-0.2, 0) is 9.59 Å². The van der Waals surface area contributed by atoms with Gasteiger partial charge in [-0.3, -0.25) is 19.3 Å². The second kappa shape index (κ2) is 6.00. The molecule has 1 atom stereocenters. The number of anilines is 1. The third kappa shape index (κ3) is 3.65. The van der Waals surface area contributed by atoms with Gasteiger partial charge in [0.1, 0.15) is 0 Å². The normalized spacial score (nSPS) is 19.4. The van der Waals surface area contributed by atoms with Crippen LogP contribution in [0, 0.1) is 11.3 Å². The predicted molar refractivity (Wildman–Crippen MR) is 98.9 cm³/mol. The van der Waals surface area contributed by atoms with Crippen molar-refractivity contribution in [2.75, 3.05) is 4.90 Å². The van der Waals surface area contributed by atoms with Crippen LogP contribution in [0.25, 0.3) is 0 Å². The van der Waals surface area contributed by atoms with E-state index >= 15 is 0 Å². The Morgan fingerprint density at radius 3 is 2.26 bits per heavy atom. The Labute approximate surface area is 150 Å². The van der Waals surface area contributed by atoms with E-state index in [0.29, 0.717) is 11.3 Å². The van der Waals surface area contributed by atoms with Crippen LogP contribution >= 0.6 is 22.6 Å². The number of benzene rings is 1. The Bertz CT molecular complexity index is 668. The lowest BCUT2D eigenvalue weighted by atomic mass is 9.86. The van der Waals surface area contributed by atoms with Crippen molar-refractivity contribution in [1.29, 1.82) is 0 Å². The maximum Gasteiger partial charge on any atom is 0.238 e. The van der Waals surface area contributed by atoms with Gasteiger partial charge in [-0.05, 0) is 12.1 Å². The second-order valence-electron chi connectivity index (χ2n) is 7.52. The minimum absolute atomic E-state index is 0.00998. The number of carbonyl (C=O) groups excluding carboxylic acids is 3. The standard InChI is InChI=1S/C18H22INO3/c1-17(2,3)15(22)11-7-6-8-12(9-11)20-14(21)10-13(16(20)23)18(4,5)19/h6-9,13H,10H2,1-5H3. The molecule has 1 aromatic rings. The summed E-state index contributed by atoms with van der Waals surface area (Å²) in [7, 11) is 0. The number of halogens is 1. The van der Waals surface area contributed by atoms with Crippen LogP contribution in [0.2, 0.25) is 0 Å². The van der Waals surface area contributed by atoms with Crippen LogP contribution < -0.4 is 4.90 Å². The first-order valence-corrected chi connectivity index (χ1v) is 8.71. The number of carbonyl (C=O) groups is 3. The van der Waals surface area contributed by atoms with Gasteiger partial charge in [0.25, 0.3) is 0 Å². The van der Waals surface area contributed by atoms with Crippen molar-refractivity contribution < 1.29 is 14.4 Å². The van der Waals surface area contributed by atoms with E-state index in [1.165, 1.54) is 4.90 Å². The van der Waals surface area contributed by atoms with Gasteiger partial charge >= 0.3 is 0 Å². The van der Waals surface area contributed by atoms with Crippen LogP contribution in [0.15, 0.2) is 24.3 Å². The smallest absolute Gasteiger partial charge is 0.238 e. The lowest BCUT2D eigenvalue weighted by Gasteiger charge is -2.23. The van der Waals surface area contributed by atoms with Gasteiger partial charge in [0.15, 0.2) is 5.78 Å². The van der Waals surface area contributed by atoms with Crippen LogP contribution in [0.3, 0.4) is 0 Å². The van der Waals surface area contributed by atoms with E-state index in [4.69, 9.17) is 0 Å². The number of ketones is 1. The molecule has 4 nitrogen and oxygen atoms in total. The molecule has 0 saturated carbocycles. The van der Waals surface area contributed by atoms with E-state index in [2.05, 4.69) is 22.6 Å². The lowest BCUT2D eigenvalue weighted by molar-refractivity contribution is -0.122. The van der Waals surface area contributed by atoms with Gasteiger partial charge in [-0.25, -0.2) is 0 Å². The van der Waals surface area contributed by atoms with Crippen LogP contribution in [-0.4, -0.2) is 21.0 Å². The van der Waals surface area contributed by atoms with Crippen molar-refractivity contribution in [1.82, 2.24) is 0 Å². The van der Waals surface area contributed by atoms with E-state index in [0.717, 1.165) is 0 Å². The molecule has 0 aliphatic carbocycles. The summed E-state index contributed by atoms with van der Waals surface area (Å²) < 4.78 is -0.294. The van der Waals surface area contributed by atoms with Gasteiger partial charge in [0.2, 0.25) is 11.8 Å². The first-order chi connectivity index (χ1) is 10.4. The molecule has 1 heterocycles. The van der Waals surface area contributed by atoms with Gasteiger partial charge in [0.05, 0.1) is 11.6 Å². The Morgan fingerprint density at radius 2 is 1.78 bits per heavy atom. The zero-order chi connectivity index (χ0) is 17.6. The highest BCUT2D eigenvalue weighted by molar-refractivity contribution is 14.1. The number of nitrogens with zero attached hydrogens (tertiary/aromatic N) is 1. The highest BCUT2D eigenvalue weighted by Gasteiger charge is 2.46. The van der Waals surface area contributed by atoms with Gasteiger partial charge in [-0.15, -0.1) is 0 Å². The van der Waals surface area contributed by atoms with Crippen LogP contribution in [0.1, 0.15) is 51.4 Å². The van der Waals surface area contributed by atoms with Crippen molar-refractivity contribution in [2.24, 2.45) is 11.3 Å².